The standard InChI is InChI=1S/C11H16BrN/c1-3-13(4-2)11-7-5-6-10(8-11)9-12/h5-8H,3-4,9H2,1-2H3. The van der Waals surface area contributed by atoms with Gasteiger partial charge in [-0.2, -0.15) is 0 Å². The molecule has 0 saturated heterocycles. The fraction of sp³-hybridized carbons (Fsp3) is 0.455. The number of benzene rings is 1. The van der Waals surface area contributed by atoms with Crippen LogP contribution in [0.3, 0.4) is 0 Å². The van der Waals surface area contributed by atoms with E-state index in [-0.39, 0.29) is 0 Å². The Labute approximate surface area is 88.9 Å². The minimum Gasteiger partial charge on any atom is -0.372 e. The third-order valence-electron chi connectivity index (χ3n) is 2.19. The molecule has 0 atom stereocenters. The van der Waals surface area contributed by atoms with E-state index in [1.54, 1.807) is 0 Å². The second-order valence-corrected chi connectivity index (χ2v) is 3.54. The van der Waals surface area contributed by atoms with Crippen molar-refractivity contribution in [2.45, 2.75) is 19.2 Å². The van der Waals surface area contributed by atoms with Crippen molar-refractivity contribution in [3.63, 3.8) is 0 Å². The number of rotatable bonds is 4. The normalized spacial score (nSPS) is 10.1. The smallest absolute Gasteiger partial charge is 0.0369 e. The highest BCUT2D eigenvalue weighted by atomic mass is 79.9. The van der Waals surface area contributed by atoms with Crippen LogP contribution in [0.1, 0.15) is 19.4 Å². The highest BCUT2D eigenvalue weighted by molar-refractivity contribution is 9.08. The average molecular weight is 242 g/mol. The number of nitrogens with zero attached hydrogens (tertiary/aromatic N) is 1. The van der Waals surface area contributed by atoms with Crippen LogP contribution in [0.2, 0.25) is 0 Å². The predicted molar refractivity (Wildman–Crippen MR) is 62.6 cm³/mol. The van der Waals surface area contributed by atoms with Gasteiger partial charge in [0.15, 0.2) is 0 Å². The summed E-state index contributed by atoms with van der Waals surface area (Å²) in [5.74, 6) is 0. The van der Waals surface area contributed by atoms with Gasteiger partial charge in [0.05, 0.1) is 0 Å². The largest absolute Gasteiger partial charge is 0.372 e. The molecule has 0 radical (unpaired) electrons. The van der Waals surface area contributed by atoms with Crippen molar-refractivity contribution in [2.75, 3.05) is 18.0 Å². The SMILES string of the molecule is CCN(CC)c1cccc(CBr)c1. The van der Waals surface area contributed by atoms with E-state index in [2.05, 4.69) is 58.9 Å². The number of hydrogen-bond donors (Lipinski definition) is 0. The van der Waals surface area contributed by atoms with Crippen LogP contribution in [0.15, 0.2) is 24.3 Å². The molecule has 0 unspecified atom stereocenters. The van der Waals surface area contributed by atoms with Crippen molar-refractivity contribution in [1.82, 2.24) is 0 Å². The molecule has 1 aromatic carbocycles. The zero-order valence-corrected chi connectivity index (χ0v) is 9.84. The molecule has 1 aromatic rings. The molecule has 0 aliphatic carbocycles. The van der Waals surface area contributed by atoms with Crippen molar-refractivity contribution >= 4 is 21.6 Å². The monoisotopic (exact) mass is 241 g/mol. The number of hydrogen-bond acceptors (Lipinski definition) is 1. The Morgan fingerprint density at radius 2 is 1.92 bits per heavy atom. The van der Waals surface area contributed by atoms with Gasteiger partial charge in [-0.05, 0) is 31.5 Å². The Hall–Kier alpha value is -0.500. The zero-order chi connectivity index (χ0) is 9.68. The first-order valence-corrected chi connectivity index (χ1v) is 5.83. The molecule has 0 aliphatic rings. The Balaban J connectivity index is 2.86. The third-order valence-corrected chi connectivity index (χ3v) is 2.84. The maximum atomic E-state index is 3.47. The van der Waals surface area contributed by atoms with Crippen LogP contribution in [0, 0.1) is 0 Å². The molecule has 1 nitrogen and oxygen atoms in total. The van der Waals surface area contributed by atoms with Crippen LogP contribution in [-0.2, 0) is 5.33 Å². The summed E-state index contributed by atoms with van der Waals surface area (Å²) in [6, 6.07) is 8.66. The predicted octanol–water partition coefficient (Wildman–Crippen LogP) is 3.43. The summed E-state index contributed by atoms with van der Waals surface area (Å²) in [5, 5.41) is 0.933. The number of halogens is 1. The molecule has 72 valence electrons. The van der Waals surface area contributed by atoms with Crippen molar-refractivity contribution in [3.05, 3.63) is 29.8 Å². The Morgan fingerprint density at radius 1 is 1.23 bits per heavy atom. The molecule has 1 rings (SSSR count). The first-order valence-electron chi connectivity index (χ1n) is 4.71. The van der Waals surface area contributed by atoms with Gasteiger partial charge in [-0.3, -0.25) is 0 Å². The molecule has 0 saturated carbocycles. The maximum absolute atomic E-state index is 3.47. The second-order valence-electron chi connectivity index (χ2n) is 2.98. The second kappa shape index (κ2) is 5.28. The fourth-order valence-electron chi connectivity index (χ4n) is 1.43. The lowest BCUT2D eigenvalue weighted by Crippen LogP contribution is -2.21. The minimum absolute atomic E-state index is 0.933. The summed E-state index contributed by atoms with van der Waals surface area (Å²) in [7, 11) is 0. The van der Waals surface area contributed by atoms with Crippen LogP contribution in [-0.4, -0.2) is 13.1 Å². The molecule has 0 N–H and O–H groups in total. The van der Waals surface area contributed by atoms with E-state index in [1.807, 2.05) is 0 Å². The van der Waals surface area contributed by atoms with Crippen LogP contribution in [0.25, 0.3) is 0 Å². The molecule has 2 heteroatoms. The van der Waals surface area contributed by atoms with E-state index in [0.717, 1.165) is 18.4 Å². The molecular weight excluding hydrogens is 226 g/mol. The maximum Gasteiger partial charge on any atom is 0.0369 e. The van der Waals surface area contributed by atoms with Crippen molar-refractivity contribution < 1.29 is 0 Å². The summed E-state index contributed by atoms with van der Waals surface area (Å²) in [6.45, 7) is 6.51. The van der Waals surface area contributed by atoms with Gasteiger partial charge in [-0.25, -0.2) is 0 Å². The van der Waals surface area contributed by atoms with Gasteiger partial charge in [0.1, 0.15) is 0 Å². The van der Waals surface area contributed by atoms with Crippen LogP contribution < -0.4 is 4.90 Å². The summed E-state index contributed by atoms with van der Waals surface area (Å²) in [5.41, 5.74) is 2.66. The first-order chi connectivity index (χ1) is 6.31. The lowest BCUT2D eigenvalue weighted by atomic mass is 10.2. The fourth-order valence-corrected chi connectivity index (χ4v) is 1.77. The van der Waals surface area contributed by atoms with Crippen molar-refractivity contribution in [2.24, 2.45) is 0 Å². The van der Waals surface area contributed by atoms with Crippen LogP contribution in [0.5, 0.6) is 0 Å². The Bertz CT molecular complexity index is 256. The Morgan fingerprint density at radius 3 is 2.46 bits per heavy atom. The molecule has 0 amide bonds. The van der Waals surface area contributed by atoms with Crippen LogP contribution in [0.4, 0.5) is 5.69 Å². The Kier molecular flexibility index (Phi) is 4.29. The summed E-state index contributed by atoms with van der Waals surface area (Å²) < 4.78 is 0. The van der Waals surface area contributed by atoms with Gasteiger partial charge >= 0.3 is 0 Å². The van der Waals surface area contributed by atoms with E-state index >= 15 is 0 Å². The molecule has 0 spiro atoms. The van der Waals surface area contributed by atoms with E-state index in [1.165, 1.54) is 11.3 Å². The quantitative estimate of drug-likeness (QED) is 0.731. The minimum atomic E-state index is 0.933. The third kappa shape index (κ3) is 2.73. The van der Waals surface area contributed by atoms with E-state index < -0.39 is 0 Å². The topological polar surface area (TPSA) is 3.24 Å². The molecule has 13 heavy (non-hydrogen) atoms. The van der Waals surface area contributed by atoms with E-state index in [0.29, 0.717) is 0 Å². The van der Waals surface area contributed by atoms with Crippen molar-refractivity contribution in [1.29, 1.82) is 0 Å². The van der Waals surface area contributed by atoms with E-state index in [4.69, 9.17) is 0 Å². The zero-order valence-electron chi connectivity index (χ0n) is 8.26. The van der Waals surface area contributed by atoms with Gasteiger partial charge in [0.2, 0.25) is 0 Å². The van der Waals surface area contributed by atoms with Gasteiger partial charge in [-0.1, -0.05) is 28.1 Å². The highest BCUT2D eigenvalue weighted by Crippen LogP contribution is 2.17. The lowest BCUT2D eigenvalue weighted by molar-refractivity contribution is 0.865. The number of anilines is 1. The number of alkyl halides is 1. The molecule has 0 fully saturated rings. The average Bonchev–Trinajstić information content (AvgIpc) is 2.20. The molecule has 0 bridgehead atoms. The summed E-state index contributed by atoms with van der Waals surface area (Å²) >= 11 is 3.47. The highest BCUT2D eigenvalue weighted by Gasteiger charge is 2.00. The molecule has 0 aromatic heterocycles. The van der Waals surface area contributed by atoms with Gasteiger partial charge in [0.25, 0.3) is 0 Å². The van der Waals surface area contributed by atoms with Crippen LogP contribution >= 0.6 is 15.9 Å². The lowest BCUT2D eigenvalue weighted by Gasteiger charge is -2.21. The van der Waals surface area contributed by atoms with Crippen molar-refractivity contribution in [3.8, 4) is 0 Å². The van der Waals surface area contributed by atoms with Gasteiger partial charge < -0.3 is 4.90 Å². The molecule has 0 heterocycles. The molecule has 0 aliphatic heterocycles. The summed E-state index contributed by atoms with van der Waals surface area (Å²) in [4.78, 5) is 2.35. The van der Waals surface area contributed by atoms with E-state index in [9.17, 15) is 0 Å². The molecular formula is C11H16BrN. The first kappa shape index (κ1) is 10.6. The summed E-state index contributed by atoms with van der Waals surface area (Å²) in [6.07, 6.45) is 0. The van der Waals surface area contributed by atoms with Gasteiger partial charge in [-0.15, -0.1) is 0 Å². The van der Waals surface area contributed by atoms with Gasteiger partial charge in [0, 0.05) is 24.1 Å².